The number of terminal acetylenes is 1. The molecule has 1 heterocycles. The Morgan fingerprint density at radius 1 is 0.940 bits per heavy atom. The van der Waals surface area contributed by atoms with Crippen LogP contribution in [0.2, 0.25) is 0 Å². The molecule has 0 aromatic heterocycles. The number of unbranched alkanes of at least 4 members (excludes halogenated alkanes) is 1. The molecule has 16 nitrogen and oxygen atoms in total. The molecule has 368 valence electrons. The van der Waals surface area contributed by atoms with Gasteiger partial charge in [-0.2, -0.15) is 8.78 Å². The largest absolute Gasteiger partial charge is 0.438 e. The fourth-order valence-corrected chi connectivity index (χ4v) is 8.00. The molecule has 3 rings (SSSR count). The maximum atomic E-state index is 16.1. The van der Waals surface area contributed by atoms with Crippen molar-refractivity contribution in [1.29, 1.82) is 0 Å². The predicted octanol–water partition coefficient (Wildman–Crippen LogP) is 6.52. The zero-order chi connectivity index (χ0) is 50.2. The maximum Gasteiger partial charge on any atom is 0.409 e. The van der Waals surface area contributed by atoms with Crippen molar-refractivity contribution in [3.63, 3.8) is 0 Å². The Morgan fingerprint density at radius 3 is 2.16 bits per heavy atom. The number of nitrogens with one attached hydrogen (secondary N) is 3. The van der Waals surface area contributed by atoms with E-state index in [4.69, 9.17) is 30.7 Å². The van der Waals surface area contributed by atoms with Crippen molar-refractivity contribution in [2.24, 2.45) is 22.5 Å². The van der Waals surface area contributed by atoms with Crippen LogP contribution in [0.3, 0.4) is 0 Å². The number of amides is 5. The van der Waals surface area contributed by atoms with Gasteiger partial charge in [0, 0.05) is 31.1 Å². The van der Waals surface area contributed by atoms with Crippen LogP contribution >= 0.6 is 7.60 Å². The van der Waals surface area contributed by atoms with Crippen molar-refractivity contribution in [3.8, 4) is 12.3 Å². The number of allylic oxidation sites excluding steroid dienone is 1. The Balaban J connectivity index is 1.80. The summed E-state index contributed by atoms with van der Waals surface area (Å²) in [4.78, 5) is 80.3. The second-order valence-electron chi connectivity index (χ2n) is 18.5. The highest BCUT2D eigenvalue weighted by atomic mass is 31.2. The van der Waals surface area contributed by atoms with Gasteiger partial charge in [-0.05, 0) is 69.1 Å². The van der Waals surface area contributed by atoms with Crippen LogP contribution in [0.1, 0.15) is 111 Å². The lowest BCUT2D eigenvalue weighted by Gasteiger charge is -2.31. The number of likely N-dealkylation sites (tertiary alicyclic amines) is 1. The molecule has 5 unspecified atom stereocenters. The summed E-state index contributed by atoms with van der Waals surface area (Å²) < 4.78 is 66.3. The minimum Gasteiger partial charge on any atom is -0.438 e. The van der Waals surface area contributed by atoms with E-state index in [1.165, 1.54) is 23.1 Å². The molecular weight excluding hydrogens is 892 g/mol. The first-order valence-corrected chi connectivity index (χ1v) is 23.7. The number of carbonyl (C=O) groups is 6. The van der Waals surface area contributed by atoms with Gasteiger partial charge in [-0.1, -0.05) is 95.1 Å². The molecule has 0 radical (unpaired) electrons. The smallest absolute Gasteiger partial charge is 0.409 e. The molecule has 5 amide bonds. The fraction of sp³-hybridized carbons (Fsp3) is 0.542. The zero-order valence-electron chi connectivity index (χ0n) is 39.7. The Hall–Kier alpha value is -5.47. The summed E-state index contributed by atoms with van der Waals surface area (Å²) in [5, 5.41) is 8.16. The highest BCUT2D eigenvalue weighted by molar-refractivity contribution is 7.54. The van der Waals surface area contributed by atoms with Gasteiger partial charge < -0.3 is 36.1 Å². The number of rotatable bonds is 24. The summed E-state index contributed by atoms with van der Waals surface area (Å²) in [6.07, 6.45) is 8.35. The molecule has 1 fully saturated rings. The highest BCUT2D eigenvalue weighted by Crippen LogP contribution is 2.67. The lowest BCUT2D eigenvalue weighted by Crippen LogP contribution is -2.57. The topological polar surface area (TPSA) is 222 Å². The molecule has 1 saturated heterocycles. The second kappa shape index (κ2) is 25.1. The molecule has 0 bridgehead atoms. The summed E-state index contributed by atoms with van der Waals surface area (Å²) in [6, 6.07) is 10.1. The van der Waals surface area contributed by atoms with E-state index in [0.717, 1.165) is 17.7 Å². The molecule has 67 heavy (non-hydrogen) atoms. The molecule has 2 aromatic carbocycles. The summed E-state index contributed by atoms with van der Waals surface area (Å²) in [6.45, 7) is 12.0. The van der Waals surface area contributed by atoms with E-state index in [0.29, 0.717) is 24.0 Å². The number of hydrogen-bond acceptors (Lipinski definition) is 11. The number of benzene rings is 2. The van der Waals surface area contributed by atoms with Crippen molar-refractivity contribution >= 4 is 48.7 Å². The van der Waals surface area contributed by atoms with Gasteiger partial charge >= 0.3 is 19.2 Å². The molecule has 0 spiro atoms. The minimum absolute atomic E-state index is 0.0807. The Bertz CT molecular complexity index is 2150. The number of ether oxygens (including phenoxy) is 2. The summed E-state index contributed by atoms with van der Waals surface area (Å²) in [5.74, 6) is -2.17. The fourth-order valence-electron chi connectivity index (χ4n) is 6.73. The van der Waals surface area contributed by atoms with E-state index in [2.05, 4.69) is 21.9 Å². The van der Waals surface area contributed by atoms with Crippen LogP contribution in [0, 0.1) is 29.1 Å². The van der Waals surface area contributed by atoms with Crippen LogP contribution in [-0.4, -0.2) is 85.3 Å². The number of esters is 1. The summed E-state index contributed by atoms with van der Waals surface area (Å²) in [7, 11) is -5.41. The van der Waals surface area contributed by atoms with E-state index in [1.807, 2.05) is 45.9 Å². The second-order valence-corrected chi connectivity index (χ2v) is 20.6. The number of halogens is 2. The lowest BCUT2D eigenvalue weighted by molar-refractivity contribution is -0.161. The van der Waals surface area contributed by atoms with Gasteiger partial charge in [-0.15, -0.1) is 12.3 Å². The van der Waals surface area contributed by atoms with Crippen molar-refractivity contribution in [3.05, 3.63) is 77.4 Å². The van der Waals surface area contributed by atoms with Gasteiger partial charge in [0.1, 0.15) is 18.1 Å². The minimum atomic E-state index is -5.41. The van der Waals surface area contributed by atoms with Gasteiger partial charge in [0.2, 0.25) is 36.3 Å². The molecular formula is C48H66F2N5O11P. The first-order valence-electron chi connectivity index (χ1n) is 22.1. The van der Waals surface area contributed by atoms with Crippen molar-refractivity contribution in [1.82, 2.24) is 20.9 Å². The molecule has 0 aliphatic carbocycles. The van der Waals surface area contributed by atoms with Gasteiger partial charge in [0.15, 0.2) is 6.79 Å². The molecule has 2 aromatic rings. The van der Waals surface area contributed by atoms with Gasteiger partial charge in [-0.25, -0.2) is 0 Å². The van der Waals surface area contributed by atoms with Gasteiger partial charge in [0.05, 0.1) is 17.9 Å². The standard InChI is InChI=1S/C48H66F2N5O11P/c1-10-12-18-38(44(60)55-26-25-34(11-2)41(55)43(59)54-37(23-24-39(51)56)42(58)52-28-33-16-14-13-15-17-33)53-40(57)27-32(3)35-19-21-36(22-20-35)48(49,50)67(62,65-30-63-29-46(4,5)6)66-31-64-45(61)47(7,8)9/h2,13-17,19-22,27,34,37-38,41H,10,12,18,23-26,28-31H2,1,3-9H3,(H2,51,56)(H,52,58)(H,53,57)(H,54,59)/b32-27+. The first kappa shape index (κ1) is 55.9. The molecule has 1 aliphatic heterocycles. The molecule has 0 saturated carbocycles. The van der Waals surface area contributed by atoms with Crippen LogP contribution in [0.15, 0.2) is 60.7 Å². The SMILES string of the molecule is C#CC1CCN(C(=O)C(CCCC)NC(=O)/C=C(\C)c2ccc(C(F)(F)P(=O)(OCOCC(C)(C)C)OCOC(=O)C(C)(C)C)cc2)C1C(=O)NC(CCC(N)=O)C(=O)NCc1ccccc1. The van der Waals surface area contributed by atoms with E-state index < -0.39 is 97.4 Å². The number of primary amides is 1. The lowest BCUT2D eigenvalue weighted by atomic mass is 9.98. The monoisotopic (exact) mass is 957 g/mol. The molecule has 1 aliphatic rings. The molecule has 5 atom stereocenters. The zero-order valence-corrected chi connectivity index (χ0v) is 40.6. The Morgan fingerprint density at radius 2 is 1.58 bits per heavy atom. The van der Waals surface area contributed by atoms with E-state index >= 15 is 8.78 Å². The maximum absolute atomic E-state index is 16.1. The van der Waals surface area contributed by atoms with E-state index in [-0.39, 0.29) is 50.8 Å². The number of carbonyl (C=O) groups excluding carboxylic acids is 6. The van der Waals surface area contributed by atoms with Crippen LogP contribution in [-0.2, 0) is 64.1 Å². The Kier molecular flexibility index (Phi) is 20.9. The van der Waals surface area contributed by atoms with Crippen LogP contribution in [0.4, 0.5) is 8.78 Å². The average molecular weight is 958 g/mol. The van der Waals surface area contributed by atoms with Crippen molar-refractivity contribution in [2.45, 2.75) is 124 Å². The first-order chi connectivity index (χ1) is 31.3. The summed E-state index contributed by atoms with van der Waals surface area (Å²) >= 11 is 0. The molecule has 19 heteroatoms. The third-order valence-corrected chi connectivity index (χ3v) is 12.3. The highest BCUT2D eigenvalue weighted by Gasteiger charge is 2.56. The van der Waals surface area contributed by atoms with Crippen molar-refractivity contribution < 1.29 is 60.6 Å². The average Bonchev–Trinajstić information content (AvgIpc) is 3.71. The third kappa shape index (κ3) is 17.0. The van der Waals surface area contributed by atoms with Gasteiger partial charge in [-0.3, -0.25) is 42.4 Å². The van der Waals surface area contributed by atoms with Crippen molar-refractivity contribution in [2.75, 3.05) is 26.7 Å². The number of nitrogens with zero attached hydrogens (tertiary/aromatic N) is 1. The molecule has 5 N–H and O–H groups in total. The van der Waals surface area contributed by atoms with Gasteiger partial charge in [0.25, 0.3) is 0 Å². The van der Waals surface area contributed by atoms with Crippen LogP contribution < -0.4 is 21.7 Å². The quantitative estimate of drug-likeness (QED) is 0.0221. The number of hydrogen-bond donors (Lipinski definition) is 4. The number of alkyl halides is 2. The predicted molar refractivity (Wildman–Crippen MR) is 247 cm³/mol. The third-order valence-electron chi connectivity index (χ3n) is 10.5. The number of nitrogens with two attached hydrogens (primary N) is 1. The van der Waals surface area contributed by atoms with E-state index in [1.54, 1.807) is 39.8 Å². The van der Waals surface area contributed by atoms with E-state index in [9.17, 15) is 33.3 Å². The Labute approximate surface area is 392 Å². The summed E-state index contributed by atoms with van der Waals surface area (Å²) in [5.41, 5.74) is 0.426. The normalized spacial score (nSPS) is 17.3. The van der Waals surface area contributed by atoms with Crippen LogP contribution in [0.5, 0.6) is 0 Å². The van der Waals surface area contributed by atoms with Crippen LogP contribution in [0.25, 0.3) is 5.57 Å².